The van der Waals surface area contributed by atoms with Gasteiger partial charge < -0.3 is 5.32 Å². The van der Waals surface area contributed by atoms with Crippen LogP contribution >= 0.6 is 39.1 Å². The van der Waals surface area contributed by atoms with Gasteiger partial charge in [-0.2, -0.15) is 5.26 Å². The van der Waals surface area contributed by atoms with E-state index >= 15 is 0 Å². The molecule has 0 spiro atoms. The summed E-state index contributed by atoms with van der Waals surface area (Å²) in [7, 11) is 0. The highest BCUT2D eigenvalue weighted by Crippen LogP contribution is 2.32. The van der Waals surface area contributed by atoms with Crippen LogP contribution in [-0.4, -0.2) is 0 Å². The summed E-state index contributed by atoms with van der Waals surface area (Å²) >= 11 is 15.6. The third-order valence-electron chi connectivity index (χ3n) is 2.55. The van der Waals surface area contributed by atoms with E-state index in [0.29, 0.717) is 21.3 Å². The number of anilines is 2. The highest BCUT2D eigenvalue weighted by Gasteiger charge is 2.06. The first-order chi connectivity index (χ1) is 8.99. The summed E-state index contributed by atoms with van der Waals surface area (Å²) in [6.45, 7) is 1.89. The Morgan fingerprint density at radius 2 is 1.84 bits per heavy atom. The van der Waals surface area contributed by atoms with Crippen molar-refractivity contribution in [3.05, 3.63) is 56.0 Å². The van der Waals surface area contributed by atoms with Gasteiger partial charge in [-0.15, -0.1) is 0 Å². The van der Waals surface area contributed by atoms with Gasteiger partial charge in [0.1, 0.15) is 0 Å². The molecule has 0 aliphatic rings. The lowest BCUT2D eigenvalue weighted by molar-refractivity contribution is 1.44. The van der Waals surface area contributed by atoms with E-state index in [0.717, 1.165) is 15.7 Å². The minimum Gasteiger partial charge on any atom is -0.354 e. The topological polar surface area (TPSA) is 35.8 Å². The van der Waals surface area contributed by atoms with E-state index in [1.54, 1.807) is 24.3 Å². The molecule has 0 amide bonds. The van der Waals surface area contributed by atoms with E-state index in [9.17, 15) is 0 Å². The van der Waals surface area contributed by atoms with Crippen LogP contribution in [0.2, 0.25) is 10.0 Å². The second-order valence-corrected chi connectivity index (χ2v) is 5.78. The number of hydrogen-bond acceptors (Lipinski definition) is 2. The van der Waals surface area contributed by atoms with E-state index in [1.165, 1.54) is 0 Å². The SMILES string of the molecule is Cc1cc(Cl)c(Nc2cc(Br)cc(C#N)c2)cc1Cl. The van der Waals surface area contributed by atoms with Crippen molar-refractivity contribution in [2.45, 2.75) is 6.92 Å². The molecule has 0 atom stereocenters. The van der Waals surface area contributed by atoms with Crippen LogP contribution in [-0.2, 0) is 0 Å². The molecule has 0 aliphatic heterocycles. The van der Waals surface area contributed by atoms with E-state index in [-0.39, 0.29) is 0 Å². The molecule has 0 saturated heterocycles. The number of rotatable bonds is 2. The number of aryl methyl sites for hydroxylation is 1. The minimum atomic E-state index is 0.561. The van der Waals surface area contributed by atoms with Crippen LogP contribution in [0.15, 0.2) is 34.8 Å². The molecular formula is C14H9BrCl2N2. The number of hydrogen-bond donors (Lipinski definition) is 1. The average Bonchev–Trinajstić information content (AvgIpc) is 2.35. The zero-order valence-electron chi connectivity index (χ0n) is 9.97. The first-order valence-corrected chi connectivity index (χ1v) is 6.98. The molecule has 2 aromatic rings. The Kier molecular flexibility index (Phi) is 4.36. The number of nitrogens with zero attached hydrogens (tertiary/aromatic N) is 1. The van der Waals surface area contributed by atoms with Gasteiger partial charge in [0.15, 0.2) is 0 Å². The first kappa shape index (κ1) is 14.2. The summed E-state index contributed by atoms with van der Waals surface area (Å²) in [5.74, 6) is 0. The maximum absolute atomic E-state index is 8.94. The zero-order chi connectivity index (χ0) is 14.0. The van der Waals surface area contributed by atoms with E-state index < -0.39 is 0 Å². The predicted octanol–water partition coefficient (Wildman–Crippen LogP) is 5.68. The van der Waals surface area contributed by atoms with Crippen molar-refractivity contribution in [2.24, 2.45) is 0 Å². The highest BCUT2D eigenvalue weighted by molar-refractivity contribution is 9.10. The second kappa shape index (κ2) is 5.83. The summed E-state index contributed by atoms with van der Waals surface area (Å²) in [6, 6.07) is 11.0. The normalized spacial score (nSPS) is 10.1. The number of nitrogens with one attached hydrogen (secondary N) is 1. The fourth-order valence-corrected chi connectivity index (χ4v) is 2.55. The van der Waals surface area contributed by atoms with Gasteiger partial charge >= 0.3 is 0 Å². The van der Waals surface area contributed by atoms with Crippen molar-refractivity contribution >= 4 is 50.5 Å². The highest BCUT2D eigenvalue weighted by atomic mass is 79.9. The Morgan fingerprint density at radius 3 is 2.53 bits per heavy atom. The molecule has 0 radical (unpaired) electrons. The van der Waals surface area contributed by atoms with Crippen molar-refractivity contribution in [1.82, 2.24) is 0 Å². The maximum atomic E-state index is 8.94. The minimum absolute atomic E-state index is 0.561. The van der Waals surface area contributed by atoms with Gasteiger partial charge in [0.25, 0.3) is 0 Å². The first-order valence-electron chi connectivity index (χ1n) is 5.43. The van der Waals surface area contributed by atoms with E-state index in [4.69, 9.17) is 28.5 Å². The van der Waals surface area contributed by atoms with Crippen molar-refractivity contribution in [1.29, 1.82) is 5.26 Å². The molecule has 0 unspecified atom stereocenters. The number of nitriles is 1. The standard InChI is InChI=1S/C14H9BrCl2N2/c1-8-2-13(17)14(6-12(8)16)19-11-4-9(7-18)3-10(15)5-11/h2-6,19H,1H3. The van der Waals surface area contributed by atoms with Crippen molar-refractivity contribution in [2.75, 3.05) is 5.32 Å². The molecule has 2 nitrogen and oxygen atoms in total. The molecule has 0 heterocycles. The summed E-state index contributed by atoms with van der Waals surface area (Å²) in [5, 5.41) is 13.3. The van der Waals surface area contributed by atoms with Gasteiger partial charge in [0, 0.05) is 15.2 Å². The van der Waals surface area contributed by atoms with Crippen LogP contribution < -0.4 is 5.32 Å². The fraction of sp³-hybridized carbons (Fsp3) is 0.0714. The van der Waals surface area contributed by atoms with Crippen molar-refractivity contribution < 1.29 is 0 Å². The van der Waals surface area contributed by atoms with Gasteiger partial charge in [0.05, 0.1) is 22.3 Å². The average molecular weight is 356 g/mol. The van der Waals surface area contributed by atoms with Crippen LogP contribution in [0, 0.1) is 18.3 Å². The molecule has 0 bridgehead atoms. The van der Waals surface area contributed by atoms with Crippen LogP contribution in [0.4, 0.5) is 11.4 Å². The third-order valence-corrected chi connectivity index (χ3v) is 3.73. The maximum Gasteiger partial charge on any atom is 0.0992 e. The van der Waals surface area contributed by atoms with Crippen LogP contribution in [0.25, 0.3) is 0 Å². The van der Waals surface area contributed by atoms with Crippen LogP contribution in [0.3, 0.4) is 0 Å². The molecule has 19 heavy (non-hydrogen) atoms. The Morgan fingerprint density at radius 1 is 1.11 bits per heavy atom. The lowest BCUT2D eigenvalue weighted by Crippen LogP contribution is -1.93. The molecule has 0 aliphatic carbocycles. The summed E-state index contributed by atoms with van der Waals surface area (Å²) in [5.41, 5.74) is 2.96. The van der Waals surface area contributed by atoms with Gasteiger partial charge in [0.2, 0.25) is 0 Å². The third kappa shape index (κ3) is 3.42. The lowest BCUT2D eigenvalue weighted by Gasteiger charge is -2.11. The Hall–Kier alpha value is -1.21. The molecule has 0 saturated carbocycles. The Balaban J connectivity index is 2.39. The number of benzene rings is 2. The summed E-state index contributed by atoms with van der Waals surface area (Å²) in [6.07, 6.45) is 0. The Bertz CT molecular complexity index is 678. The van der Waals surface area contributed by atoms with Crippen molar-refractivity contribution in [3.63, 3.8) is 0 Å². The molecule has 0 aromatic heterocycles. The largest absolute Gasteiger partial charge is 0.354 e. The van der Waals surface area contributed by atoms with Crippen molar-refractivity contribution in [3.8, 4) is 6.07 Å². The lowest BCUT2D eigenvalue weighted by atomic mass is 10.2. The molecule has 1 N–H and O–H groups in total. The van der Waals surface area contributed by atoms with E-state index in [1.807, 2.05) is 13.0 Å². The van der Waals surface area contributed by atoms with Crippen LogP contribution in [0.1, 0.15) is 11.1 Å². The molecular weight excluding hydrogens is 347 g/mol. The smallest absolute Gasteiger partial charge is 0.0992 e. The number of halogens is 3. The molecule has 2 rings (SSSR count). The quantitative estimate of drug-likeness (QED) is 0.752. The molecule has 5 heteroatoms. The second-order valence-electron chi connectivity index (χ2n) is 4.05. The summed E-state index contributed by atoms with van der Waals surface area (Å²) in [4.78, 5) is 0. The van der Waals surface area contributed by atoms with Gasteiger partial charge in [-0.25, -0.2) is 0 Å². The molecule has 0 fully saturated rings. The van der Waals surface area contributed by atoms with Gasteiger partial charge in [-0.1, -0.05) is 39.1 Å². The van der Waals surface area contributed by atoms with Gasteiger partial charge in [-0.3, -0.25) is 0 Å². The molecule has 96 valence electrons. The Labute approximate surface area is 130 Å². The molecule has 2 aromatic carbocycles. The monoisotopic (exact) mass is 354 g/mol. The fourth-order valence-electron chi connectivity index (χ4n) is 1.62. The van der Waals surface area contributed by atoms with Crippen LogP contribution in [0.5, 0.6) is 0 Å². The summed E-state index contributed by atoms with van der Waals surface area (Å²) < 4.78 is 0.823. The predicted molar refractivity (Wildman–Crippen MR) is 83.3 cm³/mol. The van der Waals surface area contributed by atoms with E-state index in [2.05, 4.69) is 27.3 Å². The zero-order valence-corrected chi connectivity index (χ0v) is 13.1. The van der Waals surface area contributed by atoms with Gasteiger partial charge in [-0.05, 0) is 42.8 Å².